The van der Waals surface area contributed by atoms with Gasteiger partial charge in [0.15, 0.2) is 0 Å². The monoisotopic (exact) mass is 294 g/mol. The summed E-state index contributed by atoms with van der Waals surface area (Å²) in [6.07, 6.45) is 3.41. The zero-order valence-corrected chi connectivity index (χ0v) is 13.3. The number of anilines is 1. The number of nitrogens with one attached hydrogen (secondary N) is 1. The molecular formula is C19H22N2O. The van der Waals surface area contributed by atoms with Gasteiger partial charge in [0.1, 0.15) is 0 Å². The predicted octanol–water partition coefficient (Wildman–Crippen LogP) is 3.87. The molecule has 0 aliphatic carbocycles. The molecule has 0 heterocycles. The van der Waals surface area contributed by atoms with Gasteiger partial charge in [-0.05, 0) is 50.1 Å². The van der Waals surface area contributed by atoms with Gasteiger partial charge >= 0.3 is 0 Å². The second-order valence-corrected chi connectivity index (χ2v) is 5.25. The summed E-state index contributed by atoms with van der Waals surface area (Å²) < 4.78 is 0. The van der Waals surface area contributed by atoms with E-state index >= 15 is 0 Å². The van der Waals surface area contributed by atoms with Crippen LogP contribution in [0.5, 0.6) is 0 Å². The summed E-state index contributed by atoms with van der Waals surface area (Å²) in [5.41, 5.74) is 7.28. The third-order valence-electron chi connectivity index (χ3n) is 3.51. The molecule has 0 bridgehead atoms. The Kier molecular flexibility index (Phi) is 5.37. The molecule has 1 N–H and O–H groups in total. The van der Waals surface area contributed by atoms with Gasteiger partial charge in [0.2, 0.25) is 0 Å². The van der Waals surface area contributed by atoms with E-state index in [4.69, 9.17) is 0 Å². The molecule has 22 heavy (non-hydrogen) atoms. The molecule has 0 saturated heterocycles. The first kappa shape index (κ1) is 15.8. The second kappa shape index (κ2) is 7.46. The number of hydrogen-bond acceptors (Lipinski definition) is 2. The van der Waals surface area contributed by atoms with Crippen molar-refractivity contribution in [2.45, 2.75) is 20.8 Å². The minimum atomic E-state index is -0.134. The van der Waals surface area contributed by atoms with Gasteiger partial charge in [-0.3, -0.25) is 15.2 Å². The Bertz CT molecular complexity index is 659. The molecule has 0 fully saturated rings. The molecule has 3 heteroatoms. The van der Waals surface area contributed by atoms with Crippen LogP contribution in [0.25, 0.3) is 6.08 Å². The minimum absolute atomic E-state index is 0.134. The molecule has 0 spiro atoms. The molecule has 3 nitrogen and oxygen atoms in total. The fraction of sp³-hybridized carbons (Fsp3) is 0.211. The van der Waals surface area contributed by atoms with Crippen LogP contribution < -0.4 is 10.4 Å². The normalized spacial score (nSPS) is 10.7. The Morgan fingerprint density at radius 1 is 1.09 bits per heavy atom. The van der Waals surface area contributed by atoms with Gasteiger partial charge < -0.3 is 0 Å². The first-order chi connectivity index (χ1) is 10.6. The van der Waals surface area contributed by atoms with E-state index in [1.807, 2.05) is 80.4 Å². The number of amides is 1. The number of hydrogen-bond donors (Lipinski definition) is 1. The summed E-state index contributed by atoms with van der Waals surface area (Å²) in [7, 11) is 0. The summed E-state index contributed by atoms with van der Waals surface area (Å²) in [5.74, 6) is -0.134. The van der Waals surface area contributed by atoms with E-state index in [1.165, 1.54) is 5.56 Å². The molecule has 114 valence electrons. The largest absolute Gasteiger partial charge is 0.286 e. The van der Waals surface area contributed by atoms with Crippen LogP contribution in [0.2, 0.25) is 0 Å². The van der Waals surface area contributed by atoms with Crippen LogP contribution in [-0.4, -0.2) is 12.5 Å². The van der Waals surface area contributed by atoms with Crippen LogP contribution in [0.3, 0.4) is 0 Å². The topological polar surface area (TPSA) is 32.3 Å². The van der Waals surface area contributed by atoms with Crippen molar-refractivity contribution in [2.75, 3.05) is 11.6 Å². The number of aryl methyl sites for hydroxylation is 2. The molecule has 0 aliphatic heterocycles. The highest BCUT2D eigenvalue weighted by Gasteiger charge is 2.06. The summed E-state index contributed by atoms with van der Waals surface area (Å²) >= 11 is 0. The fourth-order valence-corrected chi connectivity index (χ4v) is 2.16. The van der Waals surface area contributed by atoms with Crippen molar-refractivity contribution in [1.29, 1.82) is 0 Å². The van der Waals surface area contributed by atoms with Crippen LogP contribution in [0.15, 0.2) is 54.6 Å². The Morgan fingerprint density at radius 2 is 1.77 bits per heavy atom. The Morgan fingerprint density at radius 3 is 2.41 bits per heavy atom. The van der Waals surface area contributed by atoms with Crippen molar-refractivity contribution >= 4 is 17.7 Å². The van der Waals surface area contributed by atoms with Crippen LogP contribution >= 0.6 is 0 Å². The van der Waals surface area contributed by atoms with Crippen molar-refractivity contribution in [3.05, 3.63) is 71.3 Å². The van der Waals surface area contributed by atoms with E-state index < -0.39 is 0 Å². The lowest BCUT2D eigenvalue weighted by Crippen LogP contribution is -2.41. The van der Waals surface area contributed by atoms with Crippen molar-refractivity contribution in [1.82, 2.24) is 5.43 Å². The van der Waals surface area contributed by atoms with Crippen molar-refractivity contribution in [3.8, 4) is 0 Å². The summed E-state index contributed by atoms with van der Waals surface area (Å²) in [6, 6.07) is 16.1. The molecule has 2 aromatic carbocycles. The highest BCUT2D eigenvalue weighted by molar-refractivity contribution is 5.92. The van der Waals surface area contributed by atoms with E-state index in [1.54, 1.807) is 6.08 Å². The third-order valence-corrected chi connectivity index (χ3v) is 3.51. The molecule has 2 rings (SSSR count). The zero-order valence-electron chi connectivity index (χ0n) is 13.3. The van der Waals surface area contributed by atoms with Gasteiger partial charge in [0.25, 0.3) is 5.91 Å². The number of rotatable bonds is 5. The molecule has 0 radical (unpaired) electrons. The van der Waals surface area contributed by atoms with E-state index in [2.05, 4.69) is 5.43 Å². The van der Waals surface area contributed by atoms with Gasteiger partial charge in [-0.15, -0.1) is 0 Å². The number of hydrazine groups is 1. The quantitative estimate of drug-likeness (QED) is 0.670. The maximum atomic E-state index is 12.1. The summed E-state index contributed by atoms with van der Waals surface area (Å²) in [5, 5.41) is 1.84. The lowest BCUT2D eigenvalue weighted by Gasteiger charge is -2.23. The SMILES string of the molecule is CCN(NC(=O)/C=C/c1ccccc1C)c1ccc(C)cc1. The molecule has 0 aromatic heterocycles. The van der Waals surface area contributed by atoms with Crippen LogP contribution in [0.4, 0.5) is 5.69 Å². The Labute approximate surface area is 132 Å². The lowest BCUT2D eigenvalue weighted by atomic mass is 10.1. The van der Waals surface area contributed by atoms with Crippen molar-refractivity contribution in [2.24, 2.45) is 0 Å². The Hall–Kier alpha value is -2.55. The smallest absolute Gasteiger partial charge is 0.262 e. The molecule has 0 unspecified atom stereocenters. The summed E-state index contributed by atoms with van der Waals surface area (Å²) in [4.78, 5) is 12.1. The van der Waals surface area contributed by atoms with E-state index in [0.29, 0.717) is 6.54 Å². The minimum Gasteiger partial charge on any atom is -0.286 e. The third kappa shape index (κ3) is 4.22. The first-order valence-corrected chi connectivity index (χ1v) is 7.48. The van der Waals surface area contributed by atoms with E-state index in [9.17, 15) is 4.79 Å². The second-order valence-electron chi connectivity index (χ2n) is 5.25. The van der Waals surface area contributed by atoms with Crippen LogP contribution in [0, 0.1) is 13.8 Å². The number of carbonyl (C=O) groups is 1. The molecule has 2 aromatic rings. The molecule has 0 saturated carbocycles. The molecular weight excluding hydrogens is 272 g/mol. The lowest BCUT2D eigenvalue weighted by molar-refractivity contribution is -0.116. The predicted molar refractivity (Wildman–Crippen MR) is 92.6 cm³/mol. The average molecular weight is 294 g/mol. The summed E-state index contributed by atoms with van der Waals surface area (Å²) in [6.45, 7) is 6.78. The number of nitrogens with zero attached hydrogens (tertiary/aromatic N) is 1. The first-order valence-electron chi connectivity index (χ1n) is 7.48. The van der Waals surface area contributed by atoms with Gasteiger partial charge in [0, 0.05) is 12.6 Å². The van der Waals surface area contributed by atoms with Gasteiger partial charge in [-0.25, -0.2) is 0 Å². The number of carbonyl (C=O) groups excluding carboxylic acids is 1. The van der Waals surface area contributed by atoms with E-state index in [0.717, 1.165) is 16.8 Å². The van der Waals surface area contributed by atoms with Crippen LogP contribution in [0.1, 0.15) is 23.6 Å². The Balaban J connectivity index is 2.03. The molecule has 1 amide bonds. The standard InChI is InChI=1S/C19H22N2O/c1-4-21(18-12-9-15(2)10-13-18)20-19(22)14-11-17-8-6-5-7-16(17)3/h5-14H,4H2,1-3H3,(H,20,22)/b14-11+. The number of benzene rings is 2. The molecule has 0 atom stereocenters. The maximum Gasteiger partial charge on any atom is 0.262 e. The van der Waals surface area contributed by atoms with Crippen LogP contribution in [-0.2, 0) is 4.79 Å². The highest BCUT2D eigenvalue weighted by atomic mass is 16.2. The molecule has 0 aliphatic rings. The highest BCUT2D eigenvalue weighted by Crippen LogP contribution is 2.13. The fourth-order valence-electron chi connectivity index (χ4n) is 2.16. The van der Waals surface area contributed by atoms with Gasteiger partial charge in [-0.1, -0.05) is 42.0 Å². The maximum absolute atomic E-state index is 12.1. The van der Waals surface area contributed by atoms with E-state index in [-0.39, 0.29) is 5.91 Å². The van der Waals surface area contributed by atoms with Gasteiger partial charge in [0.05, 0.1) is 5.69 Å². The van der Waals surface area contributed by atoms with Crippen molar-refractivity contribution < 1.29 is 4.79 Å². The van der Waals surface area contributed by atoms with Gasteiger partial charge in [-0.2, -0.15) is 0 Å². The zero-order chi connectivity index (χ0) is 15.9. The average Bonchev–Trinajstić information content (AvgIpc) is 2.53. The van der Waals surface area contributed by atoms with Crippen molar-refractivity contribution in [3.63, 3.8) is 0 Å².